The maximum absolute atomic E-state index is 12.5. The van der Waals surface area contributed by atoms with E-state index in [1.807, 2.05) is 19.1 Å². The Balaban J connectivity index is 2.17. The molecule has 1 aromatic rings. The molecule has 0 radical (unpaired) electrons. The molecule has 1 aliphatic rings. The molecule has 0 aliphatic carbocycles. The van der Waals surface area contributed by atoms with Crippen molar-refractivity contribution < 1.29 is 14.4 Å². The highest BCUT2D eigenvalue weighted by atomic mass is 16.2. The monoisotopic (exact) mass is 301 g/mol. The van der Waals surface area contributed by atoms with E-state index in [1.165, 1.54) is 11.0 Å². The summed E-state index contributed by atoms with van der Waals surface area (Å²) < 4.78 is 0. The summed E-state index contributed by atoms with van der Waals surface area (Å²) in [5.41, 5.74) is 1.71. The minimum absolute atomic E-state index is 0.280. The van der Waals surface area contributed by atoms with E-state index in [1.54, 1.807) is 19.1 Å². The van der Waals surface area contributed by atoms with E-state index in [0.29, 0.717) is 12.2 Å². The van der Waals surface area contributed by atoms with Gasteiger partial charge in [0, 0.05) is 12.2 Å². The average molecular weight is 301 g/mol. The van der Waals surface area contributed by atoms with Crippen LogP contribution in [0, 0.1) is 6.92 Å². The number of urea groups is 1. The van der Waals surface area contributed by atoms with E-state index >= 15 is 0 Å². The Labute approximate surface area is 129 Å². The van der Waals surface area contributed by atoms with Gasteiger partial charge in [0.25, 0.3) is 5.91 Å². The lowest BCUT2D eigenvalue weighted by molar-refractivity contribution is -0.131. The summed E-state index contributed by atoms with van der Waals surface area (Å²) in [7, 11) is 0. The largest absolute Gasteiger partial charge is 0.351 e. The Bertz CT molecular complexity index is 610. The zero-order valence-electron chi connectivity index (χ0n) is 12.7. The molecule has 1 fully saturated rings. The molecule has 116 valence electrons. The summed E-state index contributed by atoms with van der Waals surface area (Å²) in [5.74, 6) is -0.765. The molecule has 0 aromatic heterocycles. The molecule has 6 heteroatoms. The standard InChI is InChI=1S/C16H19N3O3/c1-4-9-17-14(20)10-18-15(21)12(3)19(16(18)22)13-7-5-11(2)6-8-13/h4-8,12H,1,9-10H2,2-3H3,(H,17,20). The molecule has 2 rings (SSSR count). The number of hydrogen-bond acceptors (Lipinski definition) is 3. The summed E-state index contributed by atoms with van der Waals surface area (Å²) in [4.78, 5) is 38.8. The number of nitrogens with zero attached hydrogens (tertiary/aromatic N) is 2. The van der Waals surface area contributed by atoms with Crippen molar-refractivity contribution in [1.82, 2.24) is 10.2 Å². The minimum Gasteiger partial charge on any atom is -0.351 e. The number of carbonyl (C=O) groups excluding carboxylic acids is 3. The lowest BCUT2D eigenvalue weighted by Crippen LogP contribution is -2.41. The van der Waals surface area contributed by atoms with Crippen molar-refractivity contribution >= 4 is 23.5 Å². The van der Waals surface area contributed by atoms with E-state index in [9.17, 15) is 14.4 Å². The number of benzene rings is 1. The third kappa shape index (κ3) is 3.00. The maximum Gasteiger partial charge on any atom is 0.332 e. The molecule has 1 unspecified atom stereocenters. The highest BCUT2D eigenvalue weighted by molar-refractivity contribution is 6.15. The first kappa shape index (κ1) is 15.8. The number of imide groups is 1. The Kier molecular flexibility index (Phi) is 4.60. The molecule has 0 saturated carbocycles. The van der Waals surface area contributed by atoms with Crippen LogP contribution in [0.5, 0.6) is 0 Å². The molecule has 6 nitrogen and oxygen atoms in total. The van der Waals surface area contributed by atoms with Crippen molar-refractivity contribution in [1.29, 1.82) is 0 Å². The van der Waals surface area contributed by atoms with Crippen molar-refractivity contribution in [2.24, 2.45) is 0 Å². The van der Waals surface area contributed by atoms with Gasteiger partial charge < -0.3 is 5.32 Å². The van der Waals surface area contributed by atoms with E-state index in [-0.39, 0.29) is 18.4 Å². The lowest BCUT2D eigenvalue weighted by atomic mass is 10.2. The first-order chi connectivity index (χ1) is 10.5. The smallest absolute Gasteiger partial charge is 0.332 e. The first-order valence-electron chi connectivity index (χ1n) is 7.04. The van der Waals surface area contributed by atoms with E-state index in [0.717, 1.165) is 10.5 Å². The topological polar surface area (TPSA) is 69.7 Å². The third-order valence-electron chi connectivity index (χ3n) is 3.51. The highest BCUT2D eigenvalue weighted by Gasteiger charge is 2.43. The van der Waals surface area contributed by atoms with Crippen molar-refractivity contribution in [3.05, 3.63) is 42.5 Å². The zero-order valence-corrected chi connectivity index (χ0v) is 12.7. The Morgan fingerprint density at radius 1 is 1.32 bits per heavy atom. The Morgan fingerprint density at radius 3 is 2.55 bits per heavy atom. The number of anilines is 1. The van der Waals surface area contributed by atoms with Gasteiger partial charge in [0.05, 0.1) is 0 Å². The van der Waals surface area contributed by atoms with Crippen LogP contribution in [0.15, 0.2) is 36.9 Å². The third-order valence-corrected chi connectivity index (χ3v) is 3.51. The fraction of sp³-hybridized carbons (Fsp3) is 0.312. The highest BCUT2D eigenvalue weighted by Crippen LogP contribution is 2.25. The van der Waals surface area contributed by atoms with Gasteiger partial charge in [-0.05, 0) is 26.0 Å². The summed E-state index contributed by atoms with van der Waals surface area (Å²) >= 11 is 0. The van der Waals surface area contributed by atoms with Gasteiger partial charge in [-0.15, -0.1) is 6.58 Å². The molecular formula is C16H19N3O3. The number of nitrogens with one attached hydrogen (secondary N) is 1. The summed E-state index contributed by atoms with van der Waals surface area (Å²) in [5, 5.41) is 2.56. The second-order valence-corrected chi connectivity index (χ2v) is 5.18. The van der Waals surface area contributed by atoms with Gasteiger partial charge in [0.2, 0.25) is 5.91 Å². The molecule has 1 aliphatic heterocycles. The molecule has 1 aromatic carbocycles. The molecule has 0 bridgehead atoms. The van der Waals surface area contributed by atoms with Crippen LogP contribution < -0.4 is 10.2 Å². The van der Waals surface area contributed by atoms with Crippen molar-refractivity contribution in [3.8, 4) is 0 Å². The lowest BCUT2D eigenvalue weighted by Gasteiger charge is -2.19. The van der Waals surface area contributed by atoms with Gasteiger partial charge in [0.1, 0.15) is 12.6 Å². The minimum atomic E-state index is -0.623. The van der Waals surface area contributed by atoms with Crippen LogP contribution in [-0.4, -0.2) is 41.9 Å². The van der Waals surface area contributed by atoms with Gasteiger partial charge in [0.15, 0.2) is 0 Å². The van der Waals surface area contributed by atoms with Crippen LogP contribution in [0.1, 0.15) is 12.5 Å². The van der Waals surface area contributed by atoms with Crippen LogP contribution in [0.2, 0.25) is 0 Å². The Morgan fingerprint density at radius 2 is 1.95 bits per heavy atom. The van der Waals surface area contributed by atoms with E-state index in [4.69, 9.17) is 0 Å². The van der Waals surface area contributed by atoms with Crippen LogP contribution in [0.25, 0.3) is 0 Å². The zero-order chi connectivity index (χ0) is 16.3. The fourth-order valence-electron chi connectivity index (χ4n) is 2.30. The predicted octanol–water partition coefficient (Wildman–Crippen LogP) is 1.45. The van der Waals surface area contributed by atoms with Crippen LogP contribution in [-0.2, 0) is 9.59 Å². The molecular weight excluding hydrogens is 282 g/mol. The van der Waals surface area contributed by atoms with E-state index in [2.05, 4.69) is 11.9 Å². The van der Waals surface area contributed by atoms with Gasteiger partial charge >= 0.3 is 6.03 Å². The number of aryl methyl sites for hydroxylation is 1. The average Bonchev–Trinajstić information content (AvgIpc) is 2.70. The summed E-state index contributed by atoms with van der Waals surface area (Å²) in [6.07, 6.45) is 1.53. The summed E-state index contributed by atoms with van der Waals surface area (Å²) in [6, 6.07) is 6.23. The SMILES string of the molecule is C=CCNC(=O)CN1C(=O)C(C)N(c2ccc(C)cc2)C1=O. The number of rotatable bonds is 5. The molecule has 1 N–H and O–H groups in total. The normalized spacial score (nSPS) is 17.8. The quantitative estimate of drug-likeness (QED) is 0.661. The van der Waals surface area contributed by atoms with Crippen molar-refractivity contribution in [3.63, 3.8) is 0 Å². The number of hydrogen-bond donors (Lipinski definition) is 1. The molecule has 4 amide bonds. The second kappa shape index (κ2) is 6.43. The fourth-order valence-corrected chi connectivity index (χ4v) is 2.30. The second-order valence-electron chi connectivity index (χ2n) is 5.18. The number of amides is 4. The van der Waals surface area contributed by atoms with Gasteiger partial charge in [-0.2, -0.15) is 0 Å². The van der Waals surface area contributed by atoms with Crippen molar-refractivity contribution in [2.45, 2.75) is 19.9 Å². The first-order valence-corrected chi connectivity index (χ1v) is 7.04. The van der Waals surface area contributed by atoms with Crippen LogP contribution >= 0.6 is 0 Å². The van der Waals surface area contributed by atoms with Crippen molar-refractivity contribution in [2.75, 3.05) is 18.0 Å². The van der Waals surface area contributed by atoms with Crippen LogP contribution in [0.4, 0.5) is 10.5 Å². The van der Waals surface area contributed by atoms with Crippen LogP contribution in [0.3, 0.4) is 0 Å². The maximum atomic E-state index is 12.5. The van der Waals surface area contributed by atoms with E-state index < -0.39 is 12.1 Å². The molecule has 22 heavy (non-hydrogen) atoms. The molecule has 1 saturated heterocycles. The molecule has 1 heterocycles. The van der Waals surface area contributed by atoms with Gasteiger partial charge in [-0.25, -0.2) is 4.79 Å². The van der Waals surface area contributed by atoms with Gasteiger partial charge in [-0.3, -0.25) is 19.4 Å². The predicted molar refractivity (Wildman–Crippen MR) is 83.4 cm³/mol. The Hall–Kier alpha value is -2.63. The summed E-state index contributed by atoms with van der Waals surface area (Å²) in [6.45, 7) is 7.11. The molecule has 0 spiro atoms. The number of carbonyl (C=O) groups is 3. The van der Waals surface area contributed by atoms with Gasteiger partial charge in [-0.1, -0.05) is 23.8 Å². The molecule has 1 atom stereocenters.